The fourth-order valence-electron chi connectivity index (χ4n) is 2.57. The van der Waals surface area contributed by atoms with E-state index in [4.69, 9.17) is 22.1 Å². The Morgan fingerprint density at radius 3 is 2.36 bits per heavy atom. The largest absolute Gasteiger partial charge is 0.480 e. The Morgan fingerprint density at radius 1 is 1.00 bits per heavy atom. The number of nitrogens with two attached hydrogens (primary N) is 1. The standard InChI is InChI=1S/C20H16ClNO3/c21-17-9-5-4-8-15(17)19(13-6-2-1-3-7-13)25-18-11-10-14(22)12-16(18)20(23)24/h1-12,19H,22H2,(H,23,24). The third-order valence-electron chi connectivity index (χ3n) is 3.77. The van der Waals surface area contributed by atoms with Crippen molar-refractivity contribution < 1.29 is 14.6 Å². The molecule has 0 aliphatic carbocycles. The lowest BCUT2D eigenvalue weighted by Crippen LogP contribution is -2.12. The quantitative estimate of drug-likeness (QED) is 0.647. The maximum Gasteiger partial charge on any atom is 0.339 e. The van der Waals surface area contributed by atoms with E-state index in [9.17, 15) is 9.90 Å². The minimum Gasteiger partial charge on any atom is -0.480 e. The molecule has 0 fully saturated rings. The number of nitrogen functional groups attached to an aromatic ring is 1. The van der Waals surface area contributed by atoms with Crippen molar-refractivity contribution in [3.8, 4) is 5.75 Å². The van der Waals surface area contributed by atoms with Crippen LogP contribution in [0.15, 0.2) is 72.8 Å². The highest BCUT2D eigenvalue weighted by atomic mass is 35.5. The summed E-state index contributed by atoms with van der Waals surface area (Å²) in [6.07, 6.45) is -0.545. The second-order valence-corrected chi connectivity index (χ2v) is 5.90. The summed E-state index contributed by atoms with van der Waals surface area (Å²) in [6.45, 7) is 0. The van der Waals surface area contributed by atoms with Crippen LogP contribution < -0.4 is 10.5 Å². The smallest absolute Gasteiger partial charge is 0.339 e. The van der Waals surface area contributed by atoms with E-state index in [-0.39, 0.29) is 11.3 Å². The zero-order valence-electron chi connectivity index (χ0n) is 13.2. The Hall–Kier alpha value is -2.98. The van der Waals surface area contributed by atoms with Gasteiger partial charge in [0.1, 0.15) is 11.3 Å². The first kappa shape index (κ1) is 16.9. The van der Waals surface area contributed by atoms with E-state index in [0.717, 1.165) is 11.1 Å². The van der Waals surface area contributed by atoms with E-state index in [2.05, 4.69) is 0 Å². The van der Waals surface area contributed by atoms with Crippen molar-refractivity contribution in [1.82, 2.24) is 0 Å². The average molecular weight is 354 g/mol. The molecular weight excluding hydrogens is 338 g/mol. The summed E-state index contributed by atoms with van der Waals surface area (Å²) >= 11 is 6.35. The SMILES string of the molecule is Nc1ccc(OC(c2ccccc2)c2ccccc2Cl)c(C(=O)O)c1. The van der Waals surface area contributed by atoms with Gasteiger partial charge in [-0.2, -0.15) is 0 Å². The van der Waals surface area contributed by atoms with Crippen LogP contribution in [0.25, 0.3) is 0 Å². The number of carboxylic acid groups (broad SMARTS) is 1. The topological polar surface area (TPSA) is 72.5 Å². The molecule has 0 aromatic heterocycles. The molecule has 5 heteroatoms. The highest BCUT2D eigenvalue weighted by Crippen LogP contribution is 2.34. The third-order valence-corrected chi connectivity index (χ3v) is 4.11. The van der Waals surface area contributed by atoms with Gasteiger partial charge in [-0.1, -0.05) is 60.1 Å². The van der Waals surface area contributed by atoms with Crippen molar-refractivity contribution >= 4 is 23.3 Å². The predicted octanol–water partition coefficient (Wildman–Crippen LogP) is 4.79. The van der Waals surface area contributed by atoms with Crippen molar-refractivity contribution in [2.75, 3.05) is 5.73 Å². The van der Waals surface area contributed by atoms with E-state index in [1.54, 1.807) is 18.2 Å². The molecule has 3 aromatic carbocycles. The number of rotatable bonds is 5. The van der Waals surface area contributed by atoms with Crippen LogP contribution in [-0.2, 0) is 0 Å². The van der Waals surface area contributed by atoms with Gasteiger partial charge in [0.15, 0.2) is 6.10 Å². The van der Waals surface area contributed by atoms with E-state index < -0.39 is 12.1 Å². The predicted molar refractivity (Wildman–Crippen MR) is 98.2 cm³/mol. The first-order valence-corrected chi connectivity index (χ1v) is 8.03. The van der Waals surface area contributed by atoms with Crippen LogP contribution in [-0.4, -0.2) is 11.1 Å². The molecule has 1 unspecified atom stereocenters. The summed E-state index contributed by atoms with van der Waals surface area (Å²) in [5.74, 6) is -0.872. The number of hydrogen-bond acceptors (Lipinski definition) is 3. The van der Waals surface area contributed by atoms with Crippen molar-refractivity contribution in [2.45, 2.75) is 6.10 Å². The van der Waals surface area contributed by atoms with Crippen LogP contribution in [0.5, 0.6) is 5.75 Å². The third kappa shape index (κ3) is 3.75. The van der Waals surface area contributed by atoms with E-state index in [1.807, 2.05) is 48.5 Å². The molecule has 0 amide bonds. The van der Waals surface area contributed by atoms with Gasteiger partial charge in [-0.05, 0) is 29.8 Å². The molecule has 3 rings (SSSR count). The highest BCUT2D eigenvalue weighted by Gasteiger charge is 2.21. The second-order valence-electron chi connectivity index (χ2n) is 5.49. The molecule has 0 saturated heterocycles. The van der Waals surface area contributed by atoms with Crippen LogP contribution >= 0.6 is 11.6 Å². The van der Waals surface area contributed by atoms with Gasteiger partial charge in [0, 0.05) is 16.3 Å². The molecule has 0 saturated carbocycles. The Balaban J connectivity index is 2.09. The number of carbonyl (C=O) groups is 1. The molecular formula is C20H16ClNO3. The summed E-state index contributed by atoms with van der Waals surface area (Å²) in [4.78, 5) is 11.5. The van der Waals surface area contributed by atoms with Gasteiger partial charge in [0.2, 0.25) is 0 Å². The lowest BCUT2D eigenvalue weighted by molar-refractivity contribution is 0.0690. The molecule has 0 aliphatic rings. The van der Waals surface area contributed by atoms with Crippen LogP contribution in [0.3, 0.4) is 0 Å². The Kier molecular flexibility index (Phi) is 4.91. The fraction of sp³-hybridized carbons (Fsp3) is 0.0500. The molecule has 0 heterocycles. The molecule has 1 atom stereocenters. The van der Waals surface area contributed by atoms with Crippen molar-refractivity contribution in [3.05, 3.63) is 94.5 Å². The number of hydrogen-bond donors (Lipinski definition) is 2. The number of anilines is 1. The minimum absolute atomic E-state index is 0.00739. The maximum absolute atomic E-state index is 11.5. The Labute approximate surface area is 150 Å². The molecule has 0 radical (unpaired) electrons. The van der Waals surface area contributed by atoms with Crippen molar-refractivity contribution in [1.29, 1.82) is 0 Å². The van der Waals surface area contributed by atoms with Gasteiger partial charge in [0.25, 0.3) is 0 Å². The summed E-state index contributed by atoms with van der Waals surface area (Å²) < 4.78 is 6.09. The molecule has 4 nitrogen and oxygen atoms in total. The van der Waals surface area contributed by atoms with Crippen molar-refractivity contribution in [2.24, 2.45) is 0 Å². The van der Waals surface area contributed by atoms with Gasteiger partial charge in [0.05, 0.1) is 0 Å². The molecule has 25 heavy (non-hydrogen) atoms. The van der Waals surface area contributed by atoms with Crippen LogP contribution in [0, 0.1) is 0 Å². The summed E-state index contributed by atoms with van der Waals surface area (Å²) in [5, 5.41) is 9.98. The molecule has 126 valence electrons. The highest BCUT2D eigenvalue weighted by molar-refractivity contribution is 6.31. The molecule has 0 spiro atoms. The van der Waals surface area contributed by atoms with Crippen molar-refractivity contribution in [3.63, 3.8) is 0 Å². The molecule has 3 aromatic rings. The van der Waals surface area contributed by atoms with E-state index >= 15 is 0 Å². The van der Waals surface area contributed by atoms with E-state index in [0.29, 0.717) is 10.7 Å². The normalized spacial score (nSPS) is 11.7. The maximum atomic E-state index is 11.5. The number of ether oxygens (including phenoxy) is 1. The monoisotopic (exact) mass is 353 g/mol. The van der Waals surface area contributed by atoms with E-state index in [1.165, 1.54) is 6.07 Å². The fourth-order valence-corrected chi connectivity index (χ4v) is 2.81. The summed E-state index contributed by atoms with van der Waals surface area (Å²) in [5.41, 5.74) is 7.69. The minimum atomic E-state index is -1.10. The molecule has 3 N–H and O–H groups in total. The van der Waals surface area contributed by atoms with Crippen LogP contribution in [0.1, 0.15) is 27.6 Å². The molecule has 0 bridgehead atoms. The zero-order chi connectivity index (χ0) is 17.8. The first-order chi connectivity index (χ1) is 12.1. The second kappa shape index (κ2) is 7.28. The number of benzene rings is 3. The number of aromatic carboxylic acids is 1. The lowest BCUT2D eigenvalue weighted by atomic mass is 10.0. The molecule has 0 aliphatic heterocycles. The Morgan fingerprint density at radius 2 is 1.68 bits per heavy atom. The van der Waals surface area contributed by atoms with Gasteiger partial charge in [-0.15, -0.1) is 0 Å². The number of carboxylic acids is 1. The van der Waals surface area contributed by atoms with Crippen LogP contribution in [0.4, 0.5) is 5.69 Å². The van der Waals surface area contributed by atoms with Gasteiger partial charge in [-0.3, -0.25) is 0 Å². The lowest BCUT2D eigenvalue weighted by Gasteiger charge is -2.22. The van der Waals surface area contributed by atoms with Gasteiger partial charge >= 0.3 is 5.97 Å². The van der Waals surface area contributed by atoms with Gasteiger partial charge in [-0.25, -0.2) is 4.79 Å². The summed E-state index contributed by atoms with van der Waals surface area (Å²) in [6, 6.07) is 21.4. The number of halogens is 1. The summed E-state index contributed by atoms with van der Waals surface area (Å²) in [7, 11) is 0. The zero-order valence-corrected chi connectivity index (χ0v) is 14.0. The average Bonchev–Trinajstić information content (AvgIpc) is 2.62. The Bertz CT molecular complexity index is 896. The first-order valence-electron chi connectivity index (χ1n) is 7.65. The van der Waals surface area contributed by atoms with Crippen LogP contribution in [0.2, 0.25) is 5.02 Å². The van der Waals surface area contributed by atoms with Gasteiger partial charge < -0.3 is 15.6 Å².